The summed E-state index contributed by atoms with van der Waals surface area (Å²) in [6, 6.07) is 4.70. The number of piperidine rings is 1. The largest absolute Gasteiger partial charge is 0.444 e. The van der Waals surface area contributed by atoms with Crippen molar-refractivity contribution in [3.05, 3.63) is 23.9 Å². The molecule has 26 heavy (non-hydrogen) atoms. The fourth-order valence-electron chi connectivity index (χ4n) is 3.83. The Morgan fingerprint density at radius 3 is 2.54 bits per heavy atom. The van der Waals surface area contributed by atoms with Crippen LogP contribution in [0.1, 0.15) is 51.6 Å². The molecule has 1 amide bonds. The SMILES string of the molecule is CN1CCCCC1c1cccnc1N1CCN(C(=O)OC(C)(C)C)CC1. The number of pyridine rings is 1. The minimum absolute atomic E-state index is 0.217. The number of piperazine rings is 1. The van der Waals surface area contributed by atoms with E-state index in [1.54, 1.807) is 4.90 Å². The monoisotopic (exact) mass is 360 g/mol. The number of carbonyl (C=O) groups is 1. The molecule has 0 spiro atoms. The third-order valence-electron chi connectivity index (χ3n) is 5.18. The number of nitrogens with zero attached hydrogens (tertiary/aromatic N) is 4. The second kappa shape index (κ2) is 7.82. The van der Waals surface area contributed by atoms with E-state index < -0.39 is 5.60 Å². The van der Waals surface area contributed by atoms with Crippen molar-refractivity contribution in [1.82, 2.24) is 14.8 Å². The normalized spacial score (nSPS) is 22.4. The lowest BCUT2D eigenvalue weighted by Crippen LogP contribution is -2.50. The predicted octanol–water partition coefficient (Wildman–Crippen LogP) is 3.30. The van der Waals surface area contributed by atoms with E-state index in [-0.39, 0.29) is 6.09 Å². The van der Waals surface area contributed by atoms with Crippen LogP contribution in [0.15, 0.2) is 18.3 Å². The predicted molar refractivity (Wildman–Crippen MR) is 103 cm³/mol. The first-order chi connectivity index (χ1) is 12.3. The van der Waals surface area contributed by atoms with Gasteiger partial charge in [-0.15, -0.1) is 0 Å². The summed E-state index contributed by atoms with van der Waals surface area (Å²) < 4.78 is 5.50. The van der Waals surface area contributed by atoms with Crippen LogP contribution in [0.5, 0.6) is 0 Å². The molecule has 2 fully saturated rings. The molecule has 0 aromatic carbocycles. The molecule has 0 radical (unpaired) electrons. The molecule has 2 aliphatic heterocycles. The molecule has 1 unspecified atom stereocenters. The first-order valence-corrected chi connectivity index (χ1v) is 9.73. The Morgan fingerprint density at radius 2 is 1.88 bits per heavy atom. The van der Waals surface area contributed by atoms with E-state index in [1.807, 2.05) is 33.0 Å². The molecule has 6 heteroatoms. The van der Waals surface area contributed by atoms with Gasteiger partial charge in [0.25, 0.3) is 0 Å². The van der Waals surface area contributed by atoms with Crippen LogP contribution in [0, 0.1) is 0 Å². The van der Waals surface area contributed by atoms with Gasteiger partial charge >= 0.3 is 6.09 Å². The molecule has 3 heterocycles. The van der Waals surface area contributed by atoms with Gasteiger partial charge in [-0.3, -0.25) is 4.90 Å². The van der Waals surface area contributed by atoms with E-state index in [2.05, 4.69) is 22.9 Å². The van der Waals surface area contributed by atoms with Gasteiger partial charge in [0.2, 0.25) is 0 Å². The molecular formula is C20H32N4O2. The summed E-state index contributed by atoms with van der Waals surface area (Å²) >= 11 is 0. The number of likely N-dealkylation sites (tertiary alicyclic amines) is 1. The van der Waals surface area contributed by atoms with Gasteiger partial charge in [-0.2, -0.15) is 0 Å². The quantitative estimate of drug-likeness (QED) is 0.810. The third kappa shape index (κ3) is 4.47. The van der Waals surface area contributed by atoms with Gasteiger partial charge < -0.3 is 14.5 Å². The van der Waals surface area contributed by atoms with Gasteiger partial charge in [-0.1, -0.05) is 12.5 Å². The van der Waals surface area contributed by atoms with Gasteiger partial charge in [0.15, 0.2) is 0 Å². The van der Waals surface area contributed by atoms with E-state index in [0.29, 0.717) is 19.1 Å². The molecule has 1 atom stereocenters. The van der Waals surface area contributed by atoms with Crippen molar-refractivity contribution >= 4 is 11.9 Å². The summed E-state index contributed by atoms with van der Waals surface area (Å²) in [4.78, 5) is 23.5. The summed E-state index contributed by atoms with van der Waals surface area (Å²) in [5, 5.41) is 0. The number of anilines is 1. The molecule has 2 aliphatic rings. The Bertz CT molecular complexity index is 620. The Labute approximate surface area is 157 Å². The molecule has 0 saturated carbocycles. The van der Waals surface area contributed by atoms with Crippen LogP contribution in [0.3, 0.4) is 0 Å². The van der Waals surface area contributed by atoms with Crippen LogP contribution in [-0.2, 0) is 4.74 Å². The number of hydrogen-bond acceptors (Lipinski definition) is 5. The average Bonchev–Trinajstić information content (AvgIpc) is 2.61. The Hall–Kier alpha value is -1.82. The topological polar surface area (TPSA) is 48.9 Å². The minimum Gasteiger partial charge on any atom is -0.444 e. The van der Waals surface area contributed by atoms with Crippen molar-refractivity contribution in [3.63, 3.8) is 0 Å². The fourth-order valence-corrected chi connectivity index (χ4v) is 3.83. The maximum absolute atomic E-state index is 12.3. The van der Waals surface area contributed by atoms with E-state index >= 15 is 0 Å². The summed E-state index contributed by atoms with van der Waals surface area (Å²) in [6.07, 6.45) is 5.40. The summed E-state index contributed by atoms with van der Waals surface area (Å²) in [7, 11) is 2.21. The molecule has 0 aliphatic carbocycles. The second-order valence-electron chi connectivity index (χ2n) is 8.36. The third-order valence-corrected chi connectivity index (χ3v) is 5.18. The molecule has 2 saturated heterocycles. The lowest BCUT2D eigenvalue weighted by atomic mass is 9.96. The maximum Gasteiger partial charge on any atom is 0.410 e. The van der Waals surface area contributed by atoms with Crippen LogP contribution < -0.4 is 4.90 Å². The highest BCUT2D eigenvalue weighted by molar-refractivity contribution is 5.68. The van der Waals surface area contributed by atoms with E-state index in [0.717, 1.165) is 25.5 Å². The number of rotatable bonds is 2. The van der Waals surface area contributed by atoms with Crippen molar-refractivity contribution in [2.45, 2.75) is 51.7 Å². The van der Waals surface area contributed by atoms with Gasteiger partial charge in [0.1, 0.15) is 11.4 Å². The Morgan fingerprint density at radius 1 is 1.15 bits per heavy atom. The Kier molecular flexibility index (Phi) is 5.70. The highest BCUT2D eigenvalue weighted by Crippen LogP contribution is 2.34. The molecule has 6 nitrogen and oxygen atoms in total. The maximum atomic E-state index is 12.3. The summed E-state index contributed by atoms with van der Waals surface area (Å²) in [5.74, 6) is 1.08. The van der Waals surface area contributed by atoms with Crippen LogP contribution in [0.4, 0.5) is 10.6 Å². The molecule has 0 N–H and O–H groups in total. The molecule has 3 rings (SSSR count). The zero-order valence-corrected chi connectivity index (χ0v) is 16.6. The van der Waals surface area contributed by atoms with Crippen LogP contribution in [0.25, 0.3) is 0 Å². The highest BCUT2D eigenvalue weighted by Gasteiger charge is 2.29. The summed E-state index contributed by atoms with van der Waals surface area (Å²) in [6.45, 7) is 9.79. The van der Waals surface area contributed by atoms with Gasteiger partial charge in [-0.25, -0.2) is 9.78 Å². The fraction of sp³-hybridized carbons (Fsp3) is 0.700. The zero-order valence-electron chi connectivity index (χ0n) is 16.6. The van der Waals surface area contributed by atoms with E-state index in [9.17, 15) is 4.79 Å². The molecular weight excluding hydrogens is 328 g/mol. The van der Waals surface area contributed by atoms with Crippen LogP contribution in [0.2, 0.25) is 0 Å². The molecule has 144 valence electrons. The van der Waals surface area contributed by atoms with Crippen molar-refractivity contribution in [1.29, 1.82) is 0 Å². The van der Waals surface area contributed by atoms with Crippen molar-refractivity contribution in [3.8, 4) is 0 Å². The number of aromatic nitrogens is 1. The van der Waals surface area contributed by atoms with Crippen molar-refractivity contribution in [2.24, 2.45) is 0 Å². The van der Waals surface area contributed by atoms with Crippen LogP contribution >= 0.6 is 0 Å². The minimum atomic E-state index is -0.450. The van der Waals surface area contributed by atoms with Gasteiger partial charge in [0, 0.05) is 44.0 Å². The van der Waals surface area contributed by atoms with E-state index in [1.165, 1.54) is 24.8 Å². The number of hydrogen-bond donors (Lipinski definition) is 0. The smallest absolute Gasteiger partial charge is 0.410 e. The van der Waals surface area contributed by atoms with Crippen molar-refractivity contribution in [2.75, 3.05) is 44.7 Å². The molecule has 0 bridgehead atoms. The zero-order chi connectivity index (χ0) is 18.7. The lowest BCUT2D eigenvalue weighted by molar-refractivity contribution is 0.0240. The van der Waals surface area contributed by atoms with Crippen molar-refractivity contribution < 1.29 is 9.53 Å². The number of carbonyl (C=O) groups excluding carboxylic acids is 1. The lowest BCUT2D eigenvalue weighted by Gasteiger charge is -2.39. The van der Waals surface area contributed by atoms with E-state index in [4.69, 9.17) is 9.72 Å². The summed E-state index contributed by atoms with van der Waals surface area (Å²) in [5.41, 5.74) is 0.869. The average molecular weight is 361 g/mol. The first-order valence-electron chi connectivity index (χ1n) is 9.73. The molecule has 1 aromatic heterocycles. The van der Waals surface area contributed by atoms with Gasteiger partial charge in [-0.05, 0) is 53.3 Å². The van der Waals surface area contributed by atoms with Gasteiger partial charge in [0.05, 0.1) is 0 Å². The number of ether oxygens (including phenoxy) is 1. The standard InChI is InChI=1S/C20H32N4O2/c1-20(2,3)26-19(25)24-14-12-23(13-15-24)18-16(8-7-10-21-18)17-9-5-6-11-22(17)4/h7-8,10,17H,5-6,9,11-15H2,1-4H3. The Balaban J connectivity index is 1.67. The van der Waals surface area contributed by atoms with Crippen LogP contribution in [-0.4, -0.2) is 66.2 Å². The highest BCUT2D eigenvalue weighted by atomic mass is 16.6. The number of amides is 1. The first kappa shape index (κ1) is 19.0. The second-order valence-corrected chi connectivity index (χ2v) is 8.36. The molecule has 1 aromatic rings.